The fourth-order valence-corrected chi connectivity index (χ4v) is 11.9. The van der Waals surface area contributed by atoms with E-state index in [1.54, 1.807) is 0 Å². The summed E-state index contributed by atoms with van der Waals surface area (Å²) in [7, 11) is -1.93. The lowest BCUT2D eigenvalue weighted by Gasteiger charge is -2.29. The molecule has 226 valence electrons. The number of fused-ring (bicyclic) bond motifs is 2. The molecule has 0 amide bonds. The summed E-state index contributed by atoms with van der Waals surface area (Å²) in [4.78, 5) is 0. The molecule has 0 bridgehead atoms. The second kappa shape index (κ2) is 12.9. The zero-order valence-corrected chi connectivity index (χ0v) is 27.5. The molecule has 6 aromatic rings. The predicted octanol–water partition coefficient (Wildman–Crippen LogP) is 6.68. The first-order chi connectivity index (χ1) is 22.8. The molecule has 8 rings (SSSR count). The van der Waals surface area contributed by atoms with Crippen molar-refractivity contribution in [1.29, 1.82) is 0 Å². The van der Waals surface area contributed by atoms with Gasteiger partial charge in [-0.05, 0) is 71.9 Å². The van der Waals surface area contributed by atoms with Crippen molar-refractivity contribution in [3.05, 3.63) is 157 Å². The minimum atomic E-state index is -0.966. The summed E-state index contributed by atoms with van der Waals surface area (Å²) >= 11 is 5.53. The van der Waals surface area contributed by atoms with E-state index in [0.717, 1.165) is 34.1 Å². The molecule has 2 heterocycles. The third kappa shape index (κ3) is 5.33. The molecule has 0 radical (unpaired) electrons. The molecule has 0 aliphatic carbocycles. The number of hydrogen-bond acceptors (Lipinski definition) is 5. The molecular weight excluding hydrogens is 626 g/mol. The van der Waals surface area contributed by atoms with Gasteiger partial charge >= 0.3 is 0 Å². The maximum absolute atomic E-state index is 6.30. The maximum atomic E-state index is 6.30. The van der Waals surface area contributed by atoms with Crippen molar-refractivity contribution in [2.24, 2.45) is 0 Å². The van der Waals surface area contributed by atoms with Crippen LogP contribution >= 0.6 is 28.5 Å². The smallest absolute Gasteiger partial charge is 0.231 e. The van der Waals surface area contributed by atoms with E-state index < -0.39 is 21.1 Å². The van der Waals surface area contributed by atoms with Gasteiger partial charge in [-0.1, -0.05) is 121 Å². The molecule has 0 aromatic heterocycles. The van der Waals surface area contributed by atoms with Gasteiger partial charge in [0.15, 0.2) is 23.0 Å². The summed E-state index contributed by atoms with van der Waals surface area (Å²) in [6, 6.07) is 51.4. The van der Waals surface area contributed by atoms with E-state index in [0.29, 0.717) is 0 Å². The first kappa shape index (κ1) is 29.2. The quantitative estimate of drug-likeness (QED) is 0.147. The average molecular weight is 657 g/mol. The van der Waals surface area contributed by atoms with Crippen LogP contribution in [0.15, 0.2) is 146 Å². The Morgan fingerprint density at radius 1 is 0.413 bits per heavy atom. The van der Waals surface area contributed by atoms with Crippen LogP contribution < -0.4 is 50.8 Å². The second-order valence-corrected chi connectivity index (χ2v) is 15.8. The van der Waals surface area contributed by atoms with E-state index in [9.17, 15) is 0 Å². The van der Waals surface area contributed by atoms with E-state index in [2.05, 4.69) is 133 Å². The van der Waals surface area contributed by atoms with Crippen molar-refractivity contribution in [1.82, 2.24) is 0 Å². The van der Waals surface area contributed by atoms with Gasteiger partial charge in [0.05, 0.1) is 5.25 Å². The summed E-state index contributed by atoms with van der Waals surface area (Å²) in [6.45, 7) is 0.335. The molecule has 0 fully saturated rings. The third-order valence-electron chi connectivity index (χ3n) is 8.20. The van der Waals surface area contributed by atoms with Crippen LogP contribution in [-0.4, -0.2) is 13.6 Å². The fraction of sp³-hybridized carbons (Fsp3) is 0.0769. The Kier molecular flexibility index (Phi) is 8.14. The van der Waals surface area contributed by atoms with Crippen LogP contribution in [0.3, 0.4) is 0 Å². The van der Waals surface area contributed by atoms with Gasteiger partial charge in [-0.15, -0.1) is 0 Å². The van der Waals surface area contributed by atoms with Crippen molar-refractivity contribution in [3.8, 4) is 23.0 Å². The van der Waals surface area contributed by atoms with Gasteiger partial charge in [0, 0.05) is 11.1 Å². The van der Waals surface area contributed by atoms with Crippen LogP contribution in [0.2, 0.25) is 0 Å². The Morgan fingerprint density at radius 3 is 1.07 bits per heavy atom. The zero-order chi connectivity index (χ0) is 30.9. The predicted molar refractivity (Wildman–Crippen MR) is 193 cm³/mol. The Morgan fingerprint density at radius 2 is 0.739 bits per heavy atom. The first-order valence-electron chi connectivity index (χ1n) is 15.1. The van der Waals surface area contributed by atoms with Crippen LogP contribution in [-0.2, 0) is 0 Å². The minimum Gasteiger partial charge on any atom is -0.454 e. The van der Waals surface area contributed by atoms with E-state index in [1.807, 2.05) is 12.1 Å². The summed E-state index contributed by atoms with van der Waals surface area (Å²) < 4.78 is 24.6. The Balaban J connectivity index is 1.39. The number of ether oxygens (including phenoxy) is 4. The molecule has 4 nitrogen and oxygen atoms in total. The van der Waals surface area contributed by atoms with Gasteiger partial charge in [-0.2, -0.15) is 12.6 Å². The molecule has 7 heteroatoms. The van der Waals surface area contributed by atoms with E-state index in [4.69, 9.17) is 31.6 Å². The van der Waals surface area contributed by atoms with Crippen molar-refractivity contribution in [3.63, 3.8) is 0 Å². The summed E-state index contributed by atoms with van der Waals surface area (Å²) in [5, 5.41) is 6.92. The molecule has 0 spiro atoms. The minimum absolute atomic E-state index is 0.168. The largest absolute Gasteiger partial charge is 0.454 e. The molecule has 0 saturated heterocycles. The first-order valence-corrected chi connectivity index (χ1v) is 18.3. The second-order valence-electron chi connectivity index (χ2n) is 10.9. The maximum Gasteiger partial charge on any atom is 0.231 e. The molecule has 2 aliphatic rings. The van der Waals surface area contributed by atoms with Crippen LogP contribution in [0.5, 0.6) is 23.0 Å². The lowest BCUT2D eigenvalue weighted by atomic mass is 10.0. The Hall–Kier alpha value is -4.27. The molecule has 2 aliphatic heterocycles. The number of benzene rings is 6. The van der Waals surface area contributed by atoms with E-state index in [-0.39, 0.29) is 13.6 Å². The highest BCUT2D eigenvalue weighted by atomic mass is 32.1. The molecule has 0 N–H and O–H groups in total. The Labute approximate surface area is 276 Å². The topological polar surface area (TPSA) is 36.9 Å². The van der Waals surface area contributed by atoms with Gasteiger partial charge in [-0.3, -0.25) is 0 Å². The number of hydrogen-bond donors (Lipinski definition) is 1. The highest BCUT2D eigenvalue weighted by Gasteiger charge is 2.36. The van der Waals surface area contributed by atoms with Gasteiger partial charge < -0.3 is 18.9 Å². The normalized spacial score (nSPS) is 13.1. The lowest BCUT2D eigenvalue weighted by Crippen LogP contribution is -2.27. The van der Waals surface area contributed by atoms with E-state index >= 15 is 0 Å². The summed E-state index contributed by atoms with van der Waals surface area (Å²) in [6.07, 6.45) is 0. The van der Waals surface area contributed by atoms with Crippen molar-refractivity contribution in [2.75, 3.05) is 13.6 Å². The molecule has 0 unspecified atom stereocenters. The molecule has 0 saturated carbocycles. The van der Waals surface area contributed by atoms with Crippen molar-refractivity contribution < 1.29 is 18.9 Å². The molecule has 0 atom stereocenters. The average Bonchev–Trinajstić information content (AvgIpc) is 3.80. The van der Waals surface area contributed by atoms with Crippen LogP contribution in [0.1, 0.15) is 16.4 Å². The lowest BCUT2D eigenvalue weighted by molar-refractivity contribution is 0.173. The fourth-order valence-electron chi connectivity index (χ4n) is 6.19. The summed E-state index contributed by atoms with van der Waals surface area (Å²) in [5.41, 5.74) is 2.00. The highest BCUT2D eigenvalue weighted by Crippen LogP contribution is 2.52. The van der Waals surface area contributed by atoms with E-state index in [1.165, 1.54) is 31.8 Å². The number of thiol groups is 1. The van der Waals surface area contributed by atoms with Crippen LogP contribution in [0.25, 0.3) is 0 Å². The van der Waals surface area contributed by atoms with Gasteiger partial charge in [0.1, 0.15) is 0 Å². The highest BCUT2D eigenvalue weighted by molar-refractivity contribution is 7.82. The molecule has 6 aromatic carbocycles. The molecular formula is C39H30O4P2S. The number of rotatable bonds is 8. The van der Waals surface area contributed by atoms with Crippen LogP contribution in [0, 0.1) is 0 Å². The van der Waals surface area contributed by atoms with Crippen molar-refractivity contribution in [2.45, 2.75) is 5.25 Å². The standard InChI is InChI=1S/C39H30O4P2S/c46-39(35-33(23-21-31-37(35)42-25-40-31)44(27-13-5-1-6-14-27)28-15-7-2-8-16-28)36-34(24-22-32-38(36)43-26-41-32)45(29-17-9-3-10-18-29)30-19-11-4-12-20-30/h1-24,39,46H,25-26H2. The van der Waals surface area contributed by atoms with Gasteiger partial charge in [0.25, 0.3) is 0 Å². The molecule has 46 heavy (non-hydrogen) atoms. The van der Waals surface area contributed by atoms with Crippen LogP contribution in [0.4, 0.5) is 0 Å². The Bertz CT molecular complexity index is 1750. The van der Waals surface area contributed by atoms with Gasteiger partial charge in [-0.25, -0.2) is 0 Å². The zero-order valence-electron chi connectivity index (χ0n) is 24.8. The SMILES string of the molecule is SC(c1c(P(c2ccccc2)c2ccccc2)ccc2c1OCO2)c1c(P(c2ccccc2)c2ccccc2)ccc2c1OCO2. The van der Waals surface area contributed by atoms with Crippen molar-refractivity contribution >= 4 is 60.3 Å². The monoisotopic (exact) mass is 656 g/mol. The summed E-state index contributed by atoms with van der Waals surface area (Å²) in [5.74, 6) is 2.94. The van der Waals surface area contributed by atoms with Gasteiger partial charge in [0.2, 0.25) is 13.6 Å². The third-order valence-corrected chi connectivity index (χ3v) is 13.7.